The molecular formula is C12H21ClN2OS. The Morgan fingerprint density at radius 1 is 1.53 bits per heavy atom. The quantitative estimate of drug-likeness (QED) is 0.789. The number of rotatable bonds is 8. The largest absolute Gasteiger partial charge is 0.383 e. The molecule has 5 heteroatoms. The Balaban J connectivity index is 2.15. The van der Waals surface area contributed by atoms with Gasteiger partial charge in [0.05, 0.1) is 10.9 Å². The zero-order valence-electron chi connectivity index (χ0n) is 10.7. The fourth-order valence-corrected chi connectivity index (χ4v) is 2.76. The van der Waals surface area contributed by atoms with E-state index in [1.54, 1.807) is 18.4 Å². The standard InChI is InChI=1S/C12H21ClN2OS/c1-10(9-16-3)14-6-7-15(2)8-11-4-5-12(13)17-11/h4-5,10,14H,6-9H2,1-3H3. The third-order valence-corrected chi connectivity index (χ3v) is 3.67. The van der Waals surface area contributed by atoms with Gasteiger partial charge in [-0.1, -0.05) is 11.6 Å². The minimum absolute atomic E-state index is 0.407. The molecule has 0 aliphatic heterocycles. The number of methoxy groups -OCH3 is 1. The Kier molecular flexibility index (Phi) is 7.08. The first-order valence-electron chi connectivity index (χ1n) is 5.77. The molecule has 0 aliphatic carbocycles. The van der Waals surface area contributed by atoms with Crippen molar-refractivity contribution in [2.24, 2.45) is 0 Å². The minimum atomic E-state index is 0.407. The normalized spacial score (nSPS) is 13.2. The molecule has 0 radical (unpaired) electrons. The van der Waals surface area contributed by atoms with Crippen molar-refractivity contribution in [2.75, 3.05) is 33.9 Å². The van der Waals surface area contributed by atoms with E-state index in [0.29, 0.717) is 6.04 Å². The maximum atomic E-state index is 5.90. The van der Waals surface area contributed by atoms with Crippen LogP contribution in [0.15, 0.2) is 12.1 Å². The first-order valence-corrected chi connectivity index (χ1v) is 6.96. The van der Waals surface area contributed by atoms with Crippen LogP contribution in [0.4, 0.5) is 0 Å². The zero-order valence-corrected chi connectivity index (χ0v) is 12.3. The summed E-state index contributed by atoms with van der Waals surface area (Å²) in [7, 11) is 3.85. The van der Waals surface area contributed by atoms with Gasteiger partial charge in [0, 0.05) is 37.7 Å². The van der Waals surface area contributed by atoms with Crippen molar-refractivity contribution in [3.63, 3.8) is 0 Å². The first-order chi connectivity index (χ1) is 8.11. The third kappa shape index (κ3) is 6.38. The smallest absolute Gasteiger partial charge is 0.0931 e. The predicted octanol–water partition coefficient (Wildman–Crippen LogP) is 2.46. The molecule has 1 aromatic heterocycles. The summed E-state index contributed by atoms with van der Waals surface area (Å²) in [5.74, 6) is 0. The molecule has 1 N–H and O–H groups in total. The van der Waals surface area contributed by atoms with Gasteiger partial charge in [-0.15, -0.1) is 11.3 Å². The van der Waals surface area contributed by atoms with Crippen LogP contribution >= 0.6 is 22.9 Å². The van der Waals surface area contributed by atoms with Gasteiger partial charge in [0.1, 0.15) is 0 Å². The SMILES string of the molecule is COCC(C)NCCN(C)Cc1ccc(Cl)s1. The van der Waals surface area contributed by atoms with Gasteiger partial charge in [-0.05, 0) is 26.1 Å². The average Bonchev–Trinajstić information content (AvgIpc) is 2.64. The van der Waals surface area contributed by atoms with Crippen LogP contribution in [0.3, 0.4) is 0 Å². The average molecular weight is 277 g/mol. The number of thiophene rings is 1. The zero-order chi connectivity index (χ0) is 12.7. The molecule has 3 nitrogen and oxygen atoms in total. The second kappa shape index (κ2) is 8.06. The monoisotopic (exact) mass is 276 g/mol. The number of hydrogen-bond acceptors (Lipinski definition) is 4. The summed E-state index contributed by atoms with van der Waals surface area (Å²) >= 11 is 7.55. The topological polar surface area (TPSA) is 24.5 Å². The summed E-state index contributed by atoms with van der Waals surface area (Å²) in [5.41, 5.74) is 0. The molecule has 0 aromatic carbocycles. The van der Waals surface area contributed by atoms with E-state index >= 15 is 0 Å². The van der Waals surface area contributed by atoms with Crippen molar-refractivity contribution < 1.29 is 4.74 Å². The molecule has 0 amide bonds. The van der Waals surface area contributed by atoms with Crippen LogP contribution < -0.4 is 5.32 Å². The van der Waals surface area contributed by atoms with E-state index in [-0.39, 0.29) is 0 Å². The molecule has 1 rings (SSSR count). The Labute approximate surface area is 113 Å². The van der Waals surface area contributed by atoms with Gasteiger partial charge in [0.15, 0.2) is 0 Å². The van der Waals surface area contributed by atoms with Gasteiger partial charge in [-0.25, -0.2) is 0 Å². The molecule has 0 saturated heterocycles. The number of halogens is 1. The number of likely N-dealkylation sites (N-methyl/N-ethyl adjacent to an activating group) is 1. The summed E-state index contributed by atoms with van der Waals surface area (Å²) in [6, 6.07) is 4.45. The lowest BCUT2D eigenvalue weighted by molar-refractivity contribution is 0.170. The van der Waals surface area contributed by atoms with Crippen molar-refractivity contribution >= 4 is 22.9 Å². The molecule has 1 aromatic rings. The summed E-state index contributed by atoms with van der Waals surface area (Å²) in [6.07, 6.45) is 0. The van der Waals surface area contributed by atoms with E-state index in [4.69, 9.17) is 16.3 Å². The first kappa shape index (κ1) is 14.9. The Hall–Kier alpha value is -0.130. The van der Waals surface area contributed by atoms with Crippen molar-refractivity contribution in [1.82, 2.24) is 10.2 Å². The highest BCUT2D eigenvalue weighted by Crippen LogP contribution is 2.22. The van der Waals surface area contributed by atoms with Crippen LogP contribution in [0, 0.1) is 0 Å². The lowest BCUT2D eigenvalue weighted by atomic mass is 10.3. The molecule has 1 unspecified atom stereocenters. The van der Waals surface area contributed by atoms with Gasteiger partial charge in [-0.2, -0.15) is 0 Å². The highest BCUT2D eigenvalue weighted by molar-refractivity contribution is 7.16. The maximum absolute atomic E-state index is 5.90. The van der Waals surface area contributed by atoms with Gasteiger partial charge in [0.2, 0.25) is 0 Å². The minimum Gasteiger partial charge on any atom is -0.383 e. The number of hydrogen-bond donors (Lipinski definition) is 1. The molecular weight excluding hydrogens is 256 g/mol. The highest BCUT2D eigenvalue weighted by Gasteiger charge is 2.04. The molecule has 0 fully saturated rings. The summed E-state index contributed by atoms with van der Waals surface area (Å²) < 4.78 is 5.93. The van der Waals surface area contributed by atoms with E-state index in [9.17, 15) is 0 Å². The summed E-state index contributed by atoms with van der Waals surface area (Å²) in [4.78, 5) is 3.59. The van der Waals surface area contributed by atoms with Crippen LogP contribution in [0.25, 0.3) is 0 Å². The second-order valence-corrected chi connectivity index (χ2v) is 6.05. The van der Waals surface area contributed by atoms with E-state index in [1.165, 1.54) is 4.88 Å². The van der Waals surface area contributed by atoms with Crippen LogP contribution in [0.2, 0.25) is 4.34 Å². The molecule has 98 valence electrons. The van der Waals surface area contributed by atoms with E-state index in [2.05, 4.69) is 30.3 Å². The van der Waals surface area contributed by atoms with Crippen LogP contribution in [0.5, 0.6) is 0 Å². The number of nitrogens with one attached hydrogen (secondary N) is 1. The van der Waals surface area contributed by atoms with Crippen molar-refractivity contribution in [3.8, 4) is 0 Å². The lowest BCUT2D eigenvalue weighted by Gasteiger charge is -2.18. The van der Waals surface area contributed by atoms with Crippen molar-refractivity contribution in [3.05, 3.63) is 21.3 Å². The van der Waals surface area contributed by atoms with E-state index in [0.717, 1.165) is 30.6 Å². The lowest BCUT2D eigenvalue weighted by Crippen LogP contribution is -2.36. The number of nitrogens with zero attached hydrogens (tertiary/aromatic N) is 1. The molecule has 17 heavy (non-hydrogen) atoms. The molecule has 1 atom stereocenters. The van der Waals surface area contributed by atoms with Crippen LogP contribution in [0.1, 0.15) is 11.8 Å². The third-order valence-electron chi connectivity index (χ3n) is 2.46. The fourth-order valence-electron chi connectivity index (χ4n) is 1.59. The van der Waals surface area contributed by atoms with E-state index in [1.807, 2.05) is 6.07 Å². The molecule has 0 saturated carbocycles. The number of ether oxygens (including phenoxy) is 1. The molecule has 0 spiro atoms. The Morgan fingerprint density at radius 2 is 2.29 bits per heavy atom. The summed E-state index contributed by atoms with van der Waals surface area (Å²) in [5, 5.41) is 3.42. The fraction of sp³-hybridized carbons (Fsp3) is 0.667. The second-order valence-electron chi connectivity index (χ2n) is 4.25. The van der Waals surface area contributed by atoms with Crippen molar-refractivity contribution in [2.45, 2.75) is 19.5 Å². The Bertz CT molecular complexity index is 319. The van der Waals surface area contributed by atoms with Gasteiger partial charge >= 0.3 is 0 Å². The predicted molar refractivity (Wildman–Crippen MR) is 75.0 cm³/mol. The van der Waals surface area contributed by atoms with E-state index < -0.39 is 0 Å². The maximum Gasteiger partial charge on any atom is 0.0931 e. The molecule has 1 heterocycles. The van der Waals surface area contributed by atoms with Gasteiger partial charge in [-0.3, -0.25) is 0 Å². The van der Waals surface area contributed by atoms with Gasteiger partial charge in [0.25, 0.3) is 0 Å². The van der Waals surface area contributed by atoms with Crippen molar-refractivity contribution in [1.29, 1.82) is 0 Å². The summed E-state index contributed by atoms with van der Waals surface area (Å²) in [6.45, 7) is 5.83. The van der Waals surface area contributed by atoms with Crippen LogP contribution in [-0.2, 0) is 11.3 Å². The van der Waals surface area contributed by atoms with Gasteiger partial charge < -0.3 is 15.0 Å². The molecule has 0 bridgehead atoms. The highest BCUT2D eigenvalue weighted by atomic mass is 35.5. The van der Waals surface area contributed by atoms with Crippen LogP contribution in [-0.4, -0.2) is 44.8 Å². The molecule has 0 aliphatic rings. The Morgan fingerprint density at radius 3 is 2.88 bits per heavy atom.